The monoisotopic (exact) mass is 487 g/mol. The van der Waals surface area contributed by atoms with Crippen molar-refractivity contribution in [2.45, 2.75) is 32.2 Å². The van der Waals surface area contributed by atoms with Crippen LogP contribution in [0.4, 0.5) is 11.4 Å². The van der Waals surface area contributed by atoms with Gasteiger partial charge in [-0.2, -0.15) is 5.10 Å². The van der Waals surface area contributed by atoms with Crippen LogP contribution < -0.4 is 14.4 Å². The van der Waals surface area contributed by atoms with E-state index in [0.29, 0.717) is 18.9 Å². The van der Waals surface area contributed by atoms with Crippen LogP contribution in [0.3, 0.4) is 0 Å². The van der Waals surface area contributed by atoms with Crippen LogP contribution >= 0.6 is 0 Å². The van der Waals surface area contributed by atoms with Crippen molar-refractivity contribution < 1.29 is 19.4 Å². The maximum Gasteiger partial charge on any atom is 0.303 e. The van der Waals surface area contributed by atoms with Crippen LogP contribution in [0.25, 0.3) is 22.3 Å². The van der Waals surface area contributed by atoms with E-state index in [1.165, 1.54) is 12.8 Å². The first-order valence-electron chi connectivity index (χ1n) is 12.0. The second-order valence-corrected chi connectivity index (χ2v) is 9.04. The fourth-order valence-electron chi connectivity index (χ4n) is 4.18. The Bertz CT molecular complexity index is 1360. The van der Waals surface area contributed by atoms with Crippen molar-refractivity contribution in [1.29, 1.82) is 0 Å². The second kappa shape index (κ2) is 10.2. The van der Waals surface area contributed by atoms with Gasteiger partial charge >= 0.3 is 5.97 Å². The third-order valence-electron chi connectivity index (χ3n) is 6.33. The van der Waals surface area contributed by atoms with Crippen LogP contribution in [-0.2, 0) is 11.3 Å². The number of fused-ring (bicyclic) bond motifs is 1. The van der Waals surface area contributed by atoms with E-state index in [-0.39, 0.29) is 6.42 Å². The number of carboxylic acids is 1. The van der Waals surface area contributed by atoms with Gasteiger partial charge in [0.15, 0.2) is 0 Å². The van der Waals surface area contributed by atoms with Crippen LogP contribution in [0.15, 0.2) is 55.0 Å². The number of rotatable bonds is 11. The van der Waals surface area contributed by atoms with Gasteiger partial charge in [-0.1, -0.05) is 0 Å². The fraction of sp³-hybridized carbons (Fsp3) is 0.333. The van der Waals surface area contributed by atoms with Gasteiger partial charge in [0.05, 0.1) is 43.3 Å². The van der Waals surface area contributed by atoms with Crippen molar-refractivity contribution in [1.82, 2.24) is 19.7 Å². The van der Waals surface area contributed by atoms with Crippen LogP contribution in [0.5, 0.6) is 11.5 Å². The molecule has 1 saturated carbocycles. The zero-order chi connectivity index (χ0) is 25.1. The first-order chi connectivity index (χ1) is 17.5. The molecule has 1 aliphatic carbocycles. The zero-order valence-corrected chi connectivity index (χ0v) is 20.4. The Morgan fingerprint density at radius 2 is 1.83 bits per heavy atom. The third kappa shape index (κ3) is 5.40. The number of benzene rings is 2. The topological polar surface area (TPSA) is 103 Å². The number of carbonyl (C=O) groups is 1. The van der Waals surface area contributed by atoms with Gasteiger partial charge in [0.1, 0.15) is 11.5 Å². The molecule has 9 heteroatoms. The molecule has 4 aromatic rings. The highest BCUT2D eigenvalue weighted by atomic mass is 16.5. The molecule has 2 heterocycles. The van der Waals surface area contributed by atoms with E-state index in [4.69, 9.17) is 19.6 Å². The summed E-state index contributed by atoms with van der Waals surface area (Å²) in [6, 6.07) is 12.1. The van der Waals surface area contributed by atoms with Gasteiger partial charge in [-0.25, -0.2) is 4.98 Å². The molecule has 0 unspecified atom stereocenters. The maximum atomic E-state index is 10.8. The van der Waals surface area contributed by atoms with Crippen molar-refractivity contribution in [3.63, 3.8) is 0 Å². The summed E-state index contributed by atoms with van der Waals surface area (Å²) in [6.07, 6.45) is 8.46. The van der Waals surface area contributed by atoms with Crippen molar-refractivity contribution >= 4 is 28.4 Å². The van der Waals surface area contributed by atoms with E-state index < -0.39 is 5.97 Å². The average Bonchev–Trinajstić information content (AvgIpc) is 3.60. The summed E-state index contributed by atoms with van der Waals surface area (Å²) in [5.41, 5.74) is 5.20. The Kier molecular flexibility index (Phi) is 6.71. The molecule has 2 aromatic carbocycles. The summed E-state index contributed by atoms with van der Waals surface area (Å²) >= 11 is 0. The highest BCUT2D eigenvalue weighted by Gasteiger charge is 2.26. The van der Waals surface area contributed by atoms with Crippen molar-refractivity contribution in [2.24, 2.45) is 5.92 Å². The number of nitrogens with zero attached hydrogens (tertiary/aromatic N) is 5. The Hall–Kier alpha value is -4.14. The van der Waals surface area contributed by atoms with Crippen LogP contribution in [0.1, 0.15) is 25.7 Å². The van der Waals surface area contributed by atoms with E-state index in [1.54, 1.807) is 31.3 Å². The van der Waals surface area contributed by atoms with Crippen LogP contribution in [0.2, 0.25) is 0 Å². The summed E-state index contributed by atoms with van der Waals surface area (Å²) in [5.74, 6) is 1.34. The van der Waals surface area contributed by atoms with Gasteiger partial charge in [-0.05, 0) is 43.4 Å². The van der Waals surface area contributed by atoms with Gasteiger partial charge in [0, 0.05) is 60.8 Å². The van der Waals surface area contributed by atoms with Gasteiger partial charge in [-0.3, -0.25) is 14.5 Å². The minimum atomic E-state index is -0.804. The number of aromatic nitrogens is 4. The molecule has 5 rings (SSSR count). The summed E-state index contributed by atoms with van der Waals surface area (Å²) < 4.78 is 12.8. The van der Waals surface area contributed by atoms with E-state index in [0.717, 1.165) is 51.7 Å². The van der Waals surface area contributed by atoms with Crippen molar-refractivity contribution in [3.8, 4) is 22.8 Å². The quantitative estimate of drug-likeness (QED) is 0.318. The normalized spacial score (nSPS) is 13.1. The number of hydrogen-bond acceptors (Lipinski definition) is 7. The molecular weight excluding hydrogens is 458 g/mol. The predicted octanol–water partition coefficient (Wildman–Crippen LogP) is 4.92. The van der Waals surface area contributed by atoms with Gasteiger partial charge in [0.25, 0.3) is 0 Å². The van der Waals surface area contributed by atoms with E-state index in [1.807, 2.05) is 30.5 Å². The lowest BCUT2D eigenvalue weighted by Crippen LogP contribution is -2.20. The molecule has 1 N–H and O–H groups in total. The van der Waals surface area contributed by atoms with Gasteiger partial charge < -0.3 is 19.5 Å². The number of hydrogen-bond donors (Lipinski definition) is 1. The van der Waals surface area contributed by atoms with Gasteiger partial charge in [0.2, 0.25) is 0 Å². The minimum Gasteiger partial charge on any atom is -0.497 e. The van der Waals surface area contributed by atoms with E-state index in [2.05, 4.69) is 27.1 Å². The molecule has 0 amide bonds. The number of aryl methyl sites for hydroxylation is 1. The molecule has 2 aromatic heterocycles. The van der Waals surface area contributed by atoms with Crippen molar-refractivity contribution in [2.75, 3.05) is 25.7 Å². The molecule has 0 radical (unpaired) electrons. The van der Waals surface area contributed by atoms with Gasteiger partial charge in [-0.15, -0.1) is 0 Å². The number of methoxy groups -OCH3 is 2. The highest BCUT2D eigenvalue weighted by Crippen LogP contribution is 2.38. The average molecular weight is 488 g/mol. The Balaban J connectivity index is 1.46. The number of ether oxygens (including phenoxy) is 2. The molecule has 9 nitrogen and oxygen atoms in total. The molecule has 0 aliphatic heterocycles. The number of anilines is 2. The predicted molar refractivity (Wildman–Crippen MR) is 137 cm³/mol. The van der Waals surface area contributed by atoms with Crippen LogP contribution in [-0.4, -0.2) is 51.6 Å². The lowest BCUT2D eigenvalue weighted by Gasteiger charge is -2.26. The number of carboxylic acid groups (broad SMARTS) is 1. The van der Waals surface area contributed by atoms with E-state index >= 15 is 0 Å². The largest absolute Gasteiger partial charge is 0.497 e. The lowest BCUT2D eigenvalue weighted by molar-refractivity contribution is -0.137. The first-order valence-corrected chi connectivity index (χ1v) is 12.0. The molecule has 0 atom stereocenters. The zero-order valence-electron chi connectivity index (χ0n) is 20.4. The molecule has 36 heavy (non-hydrogen) atoms. The Labute approximate surface area is 209 Å². The highest BCUT2D eigenvalue weighted by molar-refractivity contribution is 5.82. The third-order valence-corrected chi connectivity index (χ3v) is 6.33. The second-order valence-electron chi connectivity index (χ2n) is 9.04. The molecule has 0 saturated heterocycles. The molecule has 1 aliphatic rings. The standard InChI is InChI=1S/C27H29N5O4/c1-35-22-10-21(11-23(13-22)36-2)32(16-18-5-6-18)20-7-8-24-25(12-20)30-26(15-28-24)19-14-29-31(17-19)9-3-4-27(33)34/h7-8,10-15,17-18H,3-6,9,16H2,1-2H3,(H,33,34). The fourth-order valence-corrected chi connectivity index (χ4v) is 4.18. The minimum absolute atomic E-state index is 0.115. The summed E-state index contributed by atoms with van der Waals surface area (Å²) in [4.78, 5) is 22.6. The molecule has 0 bridgehead atoms. The molecule has 186 valence electrons. The SMILES string of the molecule is COc1cc(OC)cc(N(CC2CC2)c2ccc3ncc(-c4cnn(CCCC(=O)O)c4)nc3c2)c1. The summed E-state index contributed by atoms with van der Waals surface area (Å²) in [6.45, 7) is 1.44. The molecular formula is C27H29N5O4. The smallest absolute Gasteiger partial charge is 0.303 e. The van der Waals surface area contributed by atoms with Crippen molar-refractivity contribution in [3.05, 3.63) is 55.0 Å². The first kappa shape index (κ1) is 23.6. The maximum absolute atomic E-state index is 10.8. The Morgan fingerprint density at radius 1 is 1.06 bits per heavy atom. The molecule has 1 fully saturated rings. The summed E-state index contributed by atoms with van der Waals surface area (Å²) in [7, 11) is 3.32. The van der Waals surface area contributed by atoms with Crippen LogP contribution in [0, 0.1) is 5.92 Å². The summed E-state index contributed by atoms with van der Waals surface area (Å²) in [5, 5.41) is 13.2. The van der Waals surface area contributed by atoms with E-state index in [9.17, 15) is 4.79 Å². The lowest BCUT2D eigenvalue weighted by atomic mass is 10.1. The Morgan fingerprint density at radius 3 is 2.53 bits per heavy atom. The molecule has 0 spiro atoms. The number of aliphatic carboxylic acids is 1.